The molecule has 0 aliphatic carbocycles. The van der Waals surface area contributed by atoms with Gasteiger partial charge in [0.25, 0.3) is 11.5 Å². The average molecular weight is 288 g/mol. The fraction of sp³-hybridized carbons (Fsp3) is 0.0714. The third-order valence-electron chi connectivity index (χ3n) is 2.86. The number of nitrogens with one attached hydrogen (secondary N) is 1. The Morgan fingerprint density at radius 2 is 1.86 bits per heavy atom. The third kappa shape index (κ3) is 3.08. The van der Waals surface area contributed by atoms with Crippen LogP contribution in [-0.4, -0.2) is 26.7 Å². The van der Waals surface area contributed by atoms with Crippen molar-refractivity contribution in [1.82, 2.24) is 4.57 Å². The predicted octanol–water partition coefficient (Wildman–Crippen LogP) is 1.04. The lowest BCUT2D eigenvalue weighted by Gasteiger charge is -2.08. The van der Waals surface area contributed by atoms with E-state index in [2.05, 4.69) is 5.32 Å². The number of aromatic nitrogens is 1. The zero-order valence-electron chi connectivity index (χ0n) is 11.0. The van der Waals surface area contributed by atoms with E-state index in [1.807, 2.05) is 0 Å². The van der Waals surface area contributed by atoms with E-state index in [1.54, 1.807) is 7.05 Å². The van der Waals surface area contributed by atoms with E-state index < -0.39 is 11.9 Å². The van der Waals surface area contributed by atoms with Crippen molar-refractivity contribution in [3.63, 3.8) is 0 Å². The molecule has 7 nitrogen and oxygen atoms in total. The number of carboxylic acid groups (broad SMARTS) is 1. The van der Waals surface area contributed by atoms with Crippen LogP contribution >= 0.6 is 0 Å². The zero-order valence-corrected chi connectivity index (χ0v) is 11.0. The Kier molecular flexibility index (Phi) is 3.75. The van der Waals surface area contributed by atoms with Crippen LogP contribution in [0.1, 0.15) is 20.7 Å². The Morgan fingerprint density at radius 3 is 2.48 bits per heavy atom. The highest BCUT2D eigenvalue weighted by Crippen LogP contribution is 2.24. The molecule has 108 valence electrons. The van der Waals surface area contributed by atoms with Crippen LogP contribution < -0.4 is 10.9 Å². The Morgan fingerprint density at radius 1 is 1.14 bits per heavy atom. The molecule has 0 aliphatic rings. The summed E-state index contributed by atoms with van der Waals surface area (Å²) in [5.41, 5.74) is -0.364. The summed E-state index contributed by atoms with van der Waals surface area (Å²) in [6.07, 6.45) is 1.44. The van der Waals surface area contributed by atoms with Crippen LogP contribution in [0.15, 0.2) is 41.3 Å². The normalized spacial score (nSPS) is 10.1. The van der Waals surface area contributed by atoms with Gasteiger partial charge in [-0.05, 0) is 24.3 Å². The molecule has 1 aromatic carbocycles. The Balaban J connectivity index is 2.30. The number of carbonyl (C=O) groups is 2. The number of hydrogen-bond acceptors (Lipinski definition) is 4. The van der Waals surface area contributed by atoms with Crippen molar-refractivity contribution in [3.05, 3.63) is 58.0 Å². The smallest absolute Gasteiger partial charge is 0.335 e. The minimum absolute atomic E-state index is 0.0411. The Hall–Kier alpha value is -3.09. The lowest BCUT2D eigenvalue weighted by atomic mass is 10.1. The molecule has 21 heavy (non-hydrogen) atoms. The molecule has 1 heterocycles. The standard InChI is InChI=1S/C14H12N2O5/c1-16-5-4-8(7-12(16)18)13(19)15-10-6-9(14(20)21)2-3-11(10)17/h2-7,17H,1H3,(H,15,19)(H,20,21). The molecule has 1 aromatic heterocycles. The summed E-state index contributed by atoms with van der Waals surface area (Å²) >= 11 is 0. The summed E-state index contributed by atoms with van der Waals surface area (Å²) in [6.45, 7) is 0. The number of carbonyl (C=O) groups excluding carboxylic acids is 1. The highest BCUT2D eigenvalue weighted by Gasteiger charge is 2.12. The molecule has 0 saturated heterocycles. The van der Waals surface area contributed by atoms with E-state index in [-0.39, 0.29) is 28.1 Å². The second-order valence-electron chi connectivity index (χ2n) is 4.36. The SMILES string of the molecule is Cn1ccc(C(=O)Nc2cc(C(=O)O)ccc2O)cc1=O. The van der Waals surface area contributed by atoms with Crippen LogP contribution in [0.4, 0.5) is 5.69 Å². The van der Waals surface area contributed by atoms with Gasteiger partial charge in [0.1, 0.15) is 5.75 Å². The summed E-state index contributed by atoms with van der Waals surface area (Å²) in [4.78, 5) is 34.3. The van der Waals surface area contributed by atoms with Crippen LogP contribution in [0.25, 0.3) is 0 Å². The van der Waals surface area contributed by atoms with E-state index in [9.17, 15) is 19.5 Å². The monoisotopic (exact) mass is 288 g/mol. The van der Waals surface area contributed by atoms with Crippen molar-refractivity contribution < 1.29 is 19.8 Å². The van der Waals surface area contributed by atoms with Crippen LogP contribution in [0.5, 0.6) is 5.75 Å². The number of rotatable bonds is 3. The van der Waals surface area contributed by atoms with Gasteiger partial charge in [0.2, 0.25) is 0 Å². The number of aromatic hydroxyl groups is 1. The minimum Gasteiger partial charge on any atom is -0.506 e. The molecule has 0 unspecified atom stereocenters. The topological polar surface area (TPSA) is 109 Å². The fourth-order valence-electron chi connectivity index (χ4n) is 1.65. The fourth-order valence-corrected chi connectivity index (χ4v) is 1.65. The Bertz CT molecular complexity index is 779. The van der Waals surface area contributed by atoms with Gasteiger partial charge in [0.15, 0.2) is 0 Å². The van der Waals surface area contributed by atoms with Gasteiger partial charge in [0.05, 0.1) is 11.3 Å². The van der Waals surface area contributed by atoms with Gasteiger partial charge in [-0.2, -0.15) is 0 Å². The molecule has 0 radical (unpaired) electrons. The average Bonchev–Trinajstić information content (AvgIpc) is 2.43. The van der Waals surface area contributed by atoms with Crippen molar-refractivity contribution in [2.24, 2.45) is 7.05 Å². The van der Waals surface area contributed by atoms with E-state index in [1.165, 1.54) is 29.0 Å². The van der Waals surface area contributed by atoms with Crippen molar-refractivity contribution in [2.75, 3.05) is 5.32 Å². The molecular formula is C14H12N2O5. The largest absolute Gasteiger partial charge is 0.506 e. The van der Waals surface area contributed by atoms with Gasteiger partial charge in [0, 0.05) is 24.9 Å². The number of hydrogen-bond donors (Lipinski definition) is 3. The summed E-state index contributed by atoms with van der Waals surface area (Å²) in [5, 5.41) is 20.9. The molecule has 7 heteroatoms. The van der Waals surface area contributed by atoms with Crippen LogP contribution in [0.3, 0.4) is 0 Å². The number of carboxylic acids is 1. The molecule has 2 aromatic rings. The molecule has 0 atom stereocenters. The van der Waals surface area contributed by atoms with E-state index in [0.717, 1.165) is 12.1 Å². The summed E-state index contributed by atoms with van der Waals surface area (Å²) < 4.78 is 1.30. The number of pyridine rings is 1. The maximum absolute atomic E-state index is 12.0. The zero-order chi connectivity index (χ0) is 15.6. The number of phenolic OH excluding ortho intramolecular Hbond substituents is 1. The van der Waals surface area contributed by atoms with E-state index in [0.29, 0.717) is 0 Å². The van der Waals surface area contributed by atoms with Crippen molar-refractivity contribution >= 4 is 17.6 Å². The summed E-state index contributed by atoms with van der Waals surface area (Å²) in [5.74, 6) is -2.07. The first-order valence-electron chi connectivity index (χ1n) is 5.93. The molecule has 1 amide bonds. The lowest BCUT2D eigenvalue weighted by Crippen LogP contribution is -2.20. The maximum atomic E-state index is 12.0. The second-order valence-corrected chi connectivity index (χ2v) is 4.36. The number of anilines is 1. The van der Waals surface area contributed by atoms with Crippen LogP contribution in [-0.2, 0) is 7.05 Å². The summed E-state index contributed by atoms with van der Waals surface area (Å²) in [6, 6.07) is 6.10. The van der Waals surface area contributed by atoms with Crippen molar-refractivity contribution in [3.8, 4) is 5.75 Å². The van der Waals surface area contributed by atoms with Gasteiger partial charge < -0.3 is 20.1 Å². The lowest BCUT2D eigenvalue weighted by molar-refractivity contribution is 0.0696. The predicted molar refractivity (Wildman–Crippen MR) is 74.7 cm³/mol. The van der Waals surface area contributed by atoms with Gasteiger partial charge in [-0.1, -0.05) is 0 Å². The molecule has 2 rings (SSSR count). The van der Waals surface area contributed by atoms with Crippen LogP contribution in [0.2, 0.25) is 0 Å². The minimum atomic E-state index is -1.18. The second kappa shape index (κ2) is 5.49. The highest BCUT2D eigenvalue weighted by atomic mass is 16.4. The van der Waals surface area contributed by atoms with E-state index in [4.69, 9.17) is 5.11 Å². The van der Waals surface area contributed by atoms with Gasteiger partial charge in [-0.15, -0.1) is 0 Å². The van der Waals surface area contributed by atoms with Crippen molar-refractivity contribution in [1.29, 1.82) is 0 Å². The molecule has 3 N–H and O–H groups in total. The third-order valence-corrected chi connectivity index (χ3v) is 2.86. The Labute approximate surface area is 119 Å². The molecule has 0 bridgehead atoms. The first-order valence-corrected chi connectivity index (χ1v) is 5.93. The quantitative estimate of drug-likeness (QED) is 0.731. The number of aryl methyl sites for hydroxylation is 1. The first-order chi connectivity index (χ1) is 9.88. The maximum Gasteiger partial charge on any atom is 0.335 e. The highest BCUT2D eigenvalue weighted by molar-refractivity contribution is 6.05. The number of benzene rings is 1. The number of phenols is 1. The molecule has 0 spiro atoms. The first kappa shape index (κ1) is 14.3. The van der Waals surface area contributed by atoms with Gasteiger partial charge >= 0.3 is 5.97 Å². The van der Waals surface area contributed by atoms with Crippen molar-refractivity contribution in [2.45, 2.75) is 0 Å². The molecule has 0 aliphatic heterocycles. The van der Waals surface area contributed by atoms with E-state index >= 15 is 0 Å². The van der Waals surface area contributed by atoms with Crippen LogP contribution in [0, 0.1) is 0 Å². The number of amides is 1. The molecule has 0 fully saturated rings. The molecule has 0 saturated carbocycles. The number of nitrogens with zero attached hydrogens (tertiary/aromatic N) is 1. The van der Waals surface area contributed by atoms with Gasteiger partial charge in [-0.25, -0.2) is 4.79 Å². The van der Waals surface area contributed by atoms with Gasteiger partial charge in [-0.3, -0.25) is 9.59 Å². The molecular weight excluding hydrogens is 276 g/mol. The summed E-state index contributed by atoms with van der Waals surface area (Å²) in [7, 11) is 1.55. The number of aromatic carboxylic acids is 1.